The van der Waals surface area contributed by atoms with Gasteiger partial charge in [-0.25, -0.2) is 4.39 Å². The van der Waals surface area contributed by atoms with Crippen LogP contribution in [0.4, 0.5) is 4.39 Å². The molecular formula is C28H32FN5O3. The van der Waals surface area contributed by atoms with E-state index >= 15 is 0 Å². The Balaban J connectivity index is 1.32. The smallest absolute Gasteiger partial charge is 0.295 e. The molecule has 0 saturated carbocycles. The van der Waals surface area contributed by atoms with Crippen molar-refractivity contribution in [2.45, 2.75) is 32.5 Å². The van der Waals surface area contributed by atoms with Gasteiger partial charge in [0.05, 0.1) is 5.56 Å². The van der Waals surface area contributed by atoms with Crippen molar-refractivity contribution in [1.29, 1.82) is 0 Å². The third-order valence-corrected chi connectivity index (χ3v) is 7.45. The summed E-state index contributed by atoms with van der Waals surface area (Å²) in [6.45, 7) is 8.39. The topological polar surface area (TPSA) is 88.8 Å². The molecule has 2 saturated heterocycles. The van der Waals surface area contributed by atoms with Crippen LogP contribution in [-0.2, 0) is 11.3 Å². The molecule has 2 aliphatic heterocycles. The number of aromatic nitrogens is 1. The second kappa shape index (κ2) is 10.4. The van der Waals surface area contributed by atoms with Crippen molar-refractivity contribution in [3.8, 4) is 0 Å². The lowest BCUT2D eigenvalue weighted by Crippen LogP contribution is -2.57. The number of benzene rings is 2. The first-order chi connectivity index (χ1) is 17.8. The first-order valence-corrected chi connectivity index (χ1v) is 12.8. The van der Waals surface area contributed by atoms with Crippen LogP contribution in [0.3, 0.4) is 0 Å². The molecule has 2 fully saturated rings. The summed E-state index contributed by atoms with van der Waals surface area (Å²) in [5, 5.41) is 3.81. The van der Waals surface area contributed by atoms with Gasteiger partial charge in [0.1, 0.15) is 5.82 Å². The second-order valence-electron chi connectivity index (χ2n) is 10.0. The van der Waals surface area contributed by atoms with Crippen LogP contribution in [0, 0.1) is 5.82 Å². The van der Waals surface area contributed by atoms with Gasteiger partial charge in [0.15, 0.2) is 0 Å². The van der Waals surface area contributed by atoms with E-state index in [1.165, 1.54) is 12.1 Å². The first-order valence-electron chi connectivity index (χ1n) is 12.8. The molecule has 5 rings (SSSR count). The number of halogens is 1. The number of rotatable bonds is 5. The summed E-state index contributed by atoms with van der Waals surface area (Å²) in [5.74, 6) is -1.42. The molecule has 2 atom stereocenters. The monoisotopic (exact) mass is 505 g/mol. The highest BCUT2D eigenvalue weighted by Gasteiger charge is 2.33. The highest BCUT2D eigenvalue weighted by Crippen LogP contribution is 2.26. The second-order valence-corrected chi connectivity index (χ2v) is 10.0. The Labute approximate surface area is 215 Å². The molecule has 194 valence electrons. The molecule has 8 nitrogen and oxygen atoms in total. The zero-order valence-electron chi connectivity index (χ0n) is 21.2. The van der Waals surface area contributed by atoms with Crippen molar-refractivity contribution in [3.63, 3.8) is 0 Å². The quantitative estimate of drug-likeness (QED) is 0.411. The van der Waals surface area contributed by atoms with E-state index in [9.17, 15) is 18.8 Å². The van der Waals surface area contributed by atoms with Gasteiger partial charge in [0.25, 0.3) is 11.8 Å². The third-order valence-electron chi connectivity index (χ3n) is 7.45. The van der Waals surface area contributed by atoms with Crippen LogP contribution in [0.25, 0.3) is 10.9 Å². The zero-order valence-corrected chi connectivity index (χ0v) is 21.2. The minimum absolute atomic E-state index is 0.0341. The van der Waals surface area contributed by atoms with Crippen LogP contribution < -0.4 is 5.32 Å². The van der Waals surface area contributed by atoms with Crippen LogP contribution in [0.5, 0.6) is 0 Å². The Kier molecular flexibility index (Phi) is 7.08. The lowest BCUT2D eigenvalue weighted by atomic mass is 10.0. The summed E-state index contributed by atoms with van der Waals surface area (Å²) in [6, 6.07) is 11.6. The van der Waals surface area contributed by atoms with Crippen molar-refractivity contribution < 1.29 is 18.8 Å². The number of H-pyrrole nitrogens is 1. The average molecular weight is 506 g/mol. The van der Waals surface area contributed by atoms with E-state index in [0.29, 0.717) is 56.8 Å². The SMILES string of the molecule is CC1CN(C(=O)c2c[nH]c3ccc(C(=O)C(=O)N4CCNCC4)cc23)C(C)CN1Cc1ccc(F)cc1. The van der Waals surface area contributed by atoms with Crippen LogP contribution in [0.1, 0.15) is 40.1 Å². The summed E-state index contributed by atoms with van der Waals surface area (Å²) in [7, 11) is 0. The largest absolute Gasteiger partial charge is 0.360 e. The van der Waals surface area contributed by atoms with Crippen LogP contribution in [-0.4, -0.2) is 88.6 Å². The lowest BCUT2D eigenvalue weighted by Gasteiger charge is -2.44. The van der Waals surface area contributed by atoms with Crippen molar-refractivity contribution >= 4 is 28.5 Å². The maximum Gasteiger partial charge on any atom is 0.295 e. The molecule has 0 spiro atoms. The summed E-state index contributed by atoms with van der Waals surface area (Å²) in [4.78, 5) is 48.2. The number of hydrogen-bond acceptors (Lipinski definition) is 5. The number of amides is 2. The molecular weight excluding hydrogens is 473 g/mol. The molecule has 9 heteroatoms. The standard InChI is InChI=1S/C28H32FN5O3/c1-18-16-34(19(2)15-33(18)17-20-3-6-22(29)7-4-20)27(36)24-14-31-25-8-5-21(13-23(24)25)26(35)28(37)32-11-9-30-10-12-32/h3-8,13-14,18-19,30-31H,9-12,15-17H2,1-2H3. The van der Waals surface area contributed by atoms with E-state index < -0.39 is 11.7 Å². The van der Waals surface area contributed by atoms with E-state index in [-0.39, 0.29) is 29.4 Å². The Morgan fingerprint density at radius 3 is 2.43 bits per heavy atom. The molecule has 1 aromatic heterocycles. The van der Waals surface area contributed by atoms with E-state index in [0.717, 1.165) is 11.1 Å². The number of piperazine rings is 2. The van der Waals surface area contributed by atoms with E-state index in [1.807, 2.05) is 11.8 Å². The molecule has 2 aromatic carbocycles. The third kappa shape index (κ3) is 5.14. The molecule has 3 aromatic rings. The number of nitrogens with zero attached hydrogens (tertiary/aromatic N) is 3. The molecule has 37 heavy (non-hydrogen) atoms. The summed E-state index contributed by atoms with van der Waals surface area (Å²) in [6.07, 6.45) is 1.68. The van der Waals surface area contributed by atoms with Gasteiger partial charge in [0.2, 0.25) is 5.78 Å². The van der Waals surface area contributed by atoms with Gasteiger partial charge in [-0.1, -0.05) is 12.1 Å². The zero-order chi connectivity index (χ0) is 26.1. The Morgan fingerprint density at radius 1 is 0.973 bits per heavy atom. The number of ketones is 1. The average Bonchev–Trinajstić information content (AvgIpc) is 3.34. The normalized spacial score (nSPS) is 20.8. The van der Waals surface area contributed by atoms with E-state index in [1.54, 1.807) is 41.4 Å². The van der Waals surface area contributed by atoms with Gasteiger partial charge in [-0.05, 0) is 49.7 Å². The fourth-order valence-corrected chi connectivity index (χ4v) is 5.25. The van der Waals surface area contributed by atoms with Gasteiger partial charge < -0.3 is 20.1 Å². The van der Waals surface area contributed by atoms with Crippen LogP contribution in [0.2, 0.25) is 0 Å². The minimum Gasteiger partial charge on any atom is -0.360 e. The number of Topliss-reactive ketones (excluding diaryl/α,β-unsaturated/α-hetero) is 1. The molecule has 0 bridgehead atoms. The summed E-state index contributed by atoms with van der Waals surface area (Å²) in [5.41, 5.74) is 2.55. The molecule has 0 radical (unpaired) electrons. The van der Waals surface area contributed by atoms with Gasteiger partial charge >= 0.3 is 0 Å². The van der Waals surface area contributed by atoms with Gasteiger partial charge in [-0.15, -0.1) is 0 Å². The van der Waals surface area contributed by atoms with Gasteiger partial charge in [0, 0.05) is 80.6 Å². The fourth-order valence-electron chi connectivity index (χ4n) is 5.25. The van der Waals surface area contributed by atoms with E-state index in [4.69, 9.17) is 0 Å². The highest BCUT2D eigenvalue weighted by molar-refractivity contribution is 6.43. The Bertz CT molecular complexity index is 1320. The number of carbonyl (C=O) groups is 3. The van der Waals surface area contributed by atoms with Crippen molar-refractivity contribution in [2.75, 3.05) is 39.3 Å². The molecule has 2 amide bonds. The fraction of sp³-hybridized carbons (Fsp3) is 0.393. The maximum absolute atomic E-state index is 13.7. The maximum atomic E-state index is 13.7. The number of carbonyl (C=O) groups excluding carboxylic acids is 3. The Morgan fingerprint density at radius 2 is 1.70 bits per heavy atom. The first kappa shape index (κ1) is 25.1. The molecule has 0 aliphatic carbocycles. The number of hydrogen-bond donors (Lipinski definition) is 2. The van der Waals surface area contributed by atoms with Crippen molar-refractivity contribution in [1.82, 2.24) is 25.0 Å². The predicted octanol–water partition coefficient (Wildman–Crippen LogP) is 2.66. The number of fused-ring (bicyclic) bond motifs is 1. The minimum atomic E-state index is -0.556. The van der Waals surface area contributed by atoms with Crippen molar-refractivity contribution in [3.05, 3.63) is 71.2 Å². The Hall–Kier alpha value is -3.56. The van der Waals surface area contributed by atoms with Crippen LogP contribution in [0.15, 0.2) is 48.7 Å². The van der Waals surface area contributed by atoms with Crippen molar-refractivity contribution in [2.24, 2.45) is 0 Å². The molecule has 2 N–H and O–H groups in total. The summed E-state index contributed by atoms with van der Waals surface area (Å²) < 4.78 is 13.3. The van der Waals surface area contributed by atoms with E-state index in [2.05, 4.69) is 22.1 Å². The van der Waals surface area contributed by atoms with Gasteiger partial charge in [-0.2, -0.15) is 0 Å². The summed E-state index contributed by atoms with van der Waals surface area (Å²) >= 11 is 0. The molecule has 3 heterocycles. The predicted molar refractivity (Wildman–Crippen MR) is 139 cm³/mol. The number of aromatic amines is 1. The number of nitrogens with one attached hydrogen (secondary N) is 2. The molecule has 2 aliphatic rings. The highest BCUT2D eigenvalue weighted by atomic mass is 19.1. The van der Waals surface area contributed by atoms with Gasteiger partial charge in [-0.3, -0.25) is 19.3 Å². The molecule has 2 unspecified atom stereocenters. The lowest BCUT2D eigenvalue weighted by molar-refractivity contribution is -0.127. The van der Waals surface area contributed by atoms with Crippen LogP contribution >= 0.6 is 0 Å².